The van der Waals surface area contributed by atoms with Crippen molar-refractivity contribution in [2.45, 2.75) is 0 Å². The van der Waals surface area contributed by atoms with Gasteiger partial charge in [0.15, 0.2) is 23.3 Å². The second-order valence-corrected chi connectivity index (χ2v) is 16.1. The van der Waals surface area contributed by atoms with Gasteiger partial charge in [-0.2, -0.15) is 0 Å². The van der Waals surface area contributed by atoms with E-state index < -0.39 is 0 Å². The molecule has 0 radical (unpaired) electrons. The highest BCUT2D eigenvalue weighted by molar-refractivity contribution is 5.80. The van der Waals surface area contributed by atoms with E-state index in [1.807, 2.05) is 36.4 Å². The summed E-state index contributed by atoms with van der Waals surface area (Å²) in [6.07, 6.45) is 0. The Morgan fingerprint density at radius 1 is 0.152 bits per heavy atom. The predicted octanol–water partition coefficient (Wildman–Crippen LogP) is 15.3. The number of rotatable bonds is 10. The summed E-state index contributed by atoms with van der Waals surface area (Å²) >= 11 is 0. The maximum atomic E-state index is 5.22. The van der Waals surface area contributed by atoms with Crippen LogP contribution in [-0.4, -0.2) is 24.9 Å². The van der Waals surface area contributed by atoms with E-state index in [4.69, 9.17) is 24.9 Å². The van der Waals surface area contributed by atoms with Crippen LogP contribution >= 0.6 is 0 Å². The summed E-state index contributed by atoms with van der Waals surface area (Å²) < 4.78 is 0. The molecule has 0 spiro atoms. The summed E-state index contributed by atoms with van der Waals surface area (Å²) in [7, 11) is 0. The van der Waals surface area contributed by atoms with Gasteiger partial charge in [0, 0.05) is 33.4 Å². The maximum absolute atomic E-state index is 5.22. The normalized spacial score (nSPS) is 11.0. The average Bonchev–Trinajstić information content (AvgIpc) is 3.42. The lowest BCUT2D eigenvalue weighted by atomic mass is 9.98. The number of nitrogens with zero attached hydrogens (tertiary/aromatic N) is 5. The topological polar surface area (TPSA) is 64.5 Å². The number of hydrogen-bond acceptors (Lipinski definition) is 5. The second kappa shape index (κ2) is 18.0. The summed E-state index contributed by atoms with van der Waals surface area (Å²) in [5.74, 6) is 2.47. The van der Waals surface area contributed by atoms with Crippen molar-refractivity contribution in [2.75, 3.05) is 0 Å². The molecule has 0 aliphatic heterocycles. The largest absolute Gasteiger partial charge is 0.228 e. The lowest BCUT2D eigenvalue weighted by Crippen LogP contribution is -2.00. The van der Waals surface area contributed by atoms with E-state index in [-0.39, 0.29) is 0 Å². The fraction of sp³-hybridized carbons (Fsp3) is 0. The van der Waals surface area contributed by atoms with Gasteiger partial charge in [-0.05, 0) is 80.9 Å². The minimum atomic E-state index is 0.592. The van der Waals surface area contributed by atoms with Crippen LogP contribution in [0.1, 0.15) is 0 Å². The van der Waals surface area contributed by atoms with Crippen LogP contribution < -0.4 is 0 Å². The van der Waals surface area contributed by atoms with Crippen molar-refractivity contribution in [3.63, 3.8) is 0 Å². The van der Waals surface area contributed by atoms with Gasteiger partial charge in [-0.3, -0.25) is 0 Å². The van der Waals surface area contributed by atoms with E-state index in [0.717, 1.165) is 89.3 Å². The molecule has 11 aromatic rings. The summed E-state index contributed by atoms with van der Waals surface area (Å²) in [6.45, 7) is 0. The van der Waals surface area contributed by atoms with E-state index >= 15 is 0 Å². The Labute approximate surface area is 384 Å². The van der Waals surface area contributed by atoms with Crippen LogP contribution in [0.2, 0.25) is 0 Å². The molecule has 0 bridgehead atoms. The Hall–Kier alpha value is -8.93. The highest BCUT2D eigenvalue weighted by atomic mass is 15.0. The summed E-state index contributed by atoms with van der Waals surface area (Å²) in [5, 5.41) is 0. The first-order valence-corrected chi connectivity index (χ1v) is 22.1. The average molecular weight is 844 g/mol. The molecule has 0 unspecified atom stereocenters. The Bertz CT molecular complexity index is 3360. The first kappa shape index (κ1) is 39.9. The van der Waals surface area contributed by atoms with Gasteiger partial charge in [-0.25, -0.2) is 24.9 Å². The maximum Gasteiger partial charge on any atom is 0.164 e. The molecule has 0 amide bonds. The molecule has 0 saturated heterocycles. The van der Waals surface area contributed by atoms with E-state index in [1.54, 1.807) is 0 Å². The molecule has 0 N–H and O–H groups in total. The van der Waals surface area contributed by atoms with Crippen LogP contribution in [0.15, 0.2) is 249 Å². The molecule has 9 aromatic carbocycles. The Morgan fingerprint density at radius 2 is 0.379 bits per heavy atom. The molecular formula is C61H41N5. The molecular weight excluding hydrogens is 803 g/mol. The van der Waals surface area contributed by atoms with Gasteiger partial charge in [-0.15, -0.1) is 0 Å². The third kappa shape index (κ3) is 8.57. The van der Waals surface area contributed by atoms with Crippen molar-refractivity contribution in [1.82, 2.24) is 24.9 Å². The third-order valence-corrected chi connectivity index (χ3v) is 11.7. The number of aromatic nitrogens is 5. The monoisotopic (exact) mass is 843 g/mol. The van der Waals surface area contributed by atoms with Crippen LogP contribution in [0, 0.1) is 0 Å². The van der Waals surface area contributed by atoms with Gasteiger partial charge < -0.3 is 0 Å². The van der Waals surface area contributed by atoms with Crippen LogP contribution in [0.3, 0.4) is 0 Å². The van der Waals surface area contributed by atoms with Crippen molar-refractivity contribution in [1.29, 1.82) is 0 Å². The zero-order valence-electron chi connectivity index (χ0n) is 35.9. The SMILES string of the molecule is c1ccc(-c2cccc(-c3nc(-c4ccccc4)cc(-c4cccc(-c5cccc(-c6nc(-c7cccc(-c8ccccc8)c7)nc(-c7cccc(-c8ccccc8)c7)n6)c5)c4)n3)c2)cc1. The van der Waals surface area contributed by atoms with Crippen LogP contribution in [0.4, 0.5) is 0 Å². The zero-order chi connectivity index (χ0) is 44.1. The van der Waals surface area contributed by atoms with Crippen LogP contribution in [0.5, 0.6) is 0 Å². The van der Waals surface area contributed by atoms with E-state index in [9.17, 15) is 0 Å². The summed E-state index contributed by atoms with van der Waals surface area (Å²) in [5.41, 5.74) is 16.2. The third-order valence-electron chi connectivity index (χ3n) is 11.7. The standard InChI is InChI=1S/C61H41N5/c1-5-18-42(19-6-1)46-26-14-32-52(37-46)58-62-56(45-24-11-4-12-25-45)41-57(63-58)51-31-13-29-49(36-51)50-30-17-35-55(40-50)61-65-59(53-33-15-27-47(38-53)43-20-7-2-8-21-43)64-60(66-61)54-34-16-28-48(39-54)44-22-9-3-10-23-44/h1-41H. The van der Waals surface area contributed by atoms with Gasteiger partial charge in [0.1, 0.15) is 0 Å². The van der Waals surface area contributed by atoms with Crippen molar-refractivity contribution >= 4 is 0 Å². The smallest absolute Gasteiger partial charge is 0.164 e. The van der Waals surface area contributed by atoms with Crippen molar-refractivity contribution in [2.24, 2.45) is 0 Å². The van der Waals surface area contributed by atoms with Crippen molar-refractivity contribution in [3.05, 3.63) is 249 Å². The molecule has 0 aliphatic carbocycles. The molecule has 5 nitrogen and oxygen atoms in total. The molecule has 2 aromatic heterocycles. The molecule has 5 heteroatoms. The molecule has 0 saturated carbocycles. The molecule has 11 rings (SSSR count). The molecule has 0 fully saturated rings. The quantitative estimate of drug-likeness (QED) is 0.137. The molecule has 310 valence electrons. The van der Waals surface area contributed by atoms with Gasteiger partial charge in [0.25, 0.3) is 0 Å². The summed E-state index contributed by atoms with van der Waals surface area (Å²) in [6, 6.07) is 85.9. The van der Waals surface area contributed by atoms with Gasteiger partial charge >= 0.3 is 0 Å². The minimum absolute atomic E-state index is 0.592. The lowest BCUT2D eigenvalue weighted by Gasteiger charge is -2.12. The highest BCUT2D eigenvalue weighted by Gasteiger charge is 2.16. The van der Waals surface area contributed by atoms with E-state index in [1.165, 1.54) is 0 Å². The molecule has 0 aliphatic rings. The number of benzene rings is 9. The van der Waals surface area contributed by atoms with Gasteiger partial charge in [-0.1, -0.05) is 212 Å². The van der Waals surface area contributed by atoms with Gasteiger partial charge in [0.2, 0.25) is 0 Å². The fourth-order valence-corrected chi connectivity index (χ4v) is 8.35. The van der Waals surface area contributed by atoms with Crippen molar-refractivity contribution < 1.29 is 0 Å². The first-order chi connectivity index (χ1) is 32.7. The summed E-state index contributed by atoms with van der Waals surface area (Å²) in [4.78, 5) is 25.8. The fourth-order valence-electron chi connectivity index (χ4n) is 8.35. The van der Waals surface area contributed by atoms with Crippen LogP contribution in [-0.2, 0) is 0 Å². The lowest BCUT2D eigenvalue weighted by molar-refractivity contribution is 1.07. The second-order valence-electron chi connectivity index (χ2n) is 16.1. The van der Waals surface area contributed by atoms with Crippen molar-refractivity contribution in [3.8, 4) is 113 Å². The van der Waals surface area contributed by atoms with Crippen LogP contribution in [0.25, 0.3) is 113 Å². The minimum Gasteiger partial charge on any atom is -0.228 e. The van der Waals surface area contributed by atoms with Gasteiger partial charge in [0.05, 0.1) is 11.4 Å². The predicted molar refractivity (Wildman–Crippen MR) is 270 cm³/mol. The Morgan fingerprint density at radius 3 is 0.727 bits per heavy atom. The Balaban J connectivity index is 0.995. The molecule has 0 atom stereocenters. The first-order valence-electron chi connectivity index (χ1n) is 22.1. The molecule has 66 heavy (non-hydrogen) atoms. The zero-order valence-corrected chi connectivity index (χ0v) is 35.9. The van der Waals surface area contributed by atoms with E-state index in [2.05, 4.69) is 212 Å². The van der Waals surface area contributed by atoms with E-state index in [0.29, 0.717) is 23.3 Å². The number of hydrogen-bond donors (Lipinski definition) is 0. The molecule has 2 heterocycles. The highest BCUT2D eigenvalue weighted by Crippen LogP contribution is 2.35. The Kier molecular flexibility index (Phi) is 10.9.